The van der Waals surface area contributed by atoms with E-state index in [1.165, 1.54) is 12.1 Å². The fraction of sp³-hybridized carbons (Fsp3) is 0.455. The van der Waals surface area contributed by atoms with Crippen molar-refractivity contribution < 1.29 is 9.13 Å². The van der Waals surface area contributed by atoms with Gasteiger partial charge in [-0.25, -0.2) is 4.39 Å². The molecular weight excluding hydrogens is 195 g/mol. The molecule has 0 aromatic heterocycles. The molecule has 15 heavy (non-hydrogen) atoms. The number of halogens is 1. The second-order valence-corrected chi connectivity index (χ2v) is 3.90. The topological polar surface area (TPSA) is 24.5 Å². The first-order valence-electron chi connectivity index (χ1n) is 5.01. The summed E-state index contributed by atoms with van der Waals surface area (Å²) >= 11 is 0. The quantitative estimate of drug-likeness (QED) is 0.812. The minimum Gasteiger partial charge on any atom is -0.486 e. The van der Waals surface area contributed by atoms with Crippen LogP contribution in [0.2, 0.25) is 0 Å². The number of hydrogen-bond acceptors (Lipinski definition) is 3. The molecule has 0 radical (unpaired) electrons. The second kappa shape index (κ2) is 4.06. The van der Waals surface area contributed by atoms with E-state index < -0.39 is 0 Å². The van der Waals surface area contributed by atoms with Crippen molar-refractivity contribution in [2.24, 2.45) is 0 Å². The minimum atomic E-state index is -0.238. The summed E-state index contributed by atoms with van der Waals surface area (Å²) in [6.45, 7) is 1.73. The van der Waals surface area contributed by atoms with E-state index in [2.05, 4.69) is 5.32 Å². The lowest BCUT2D eigenvalue weighted by Crippen LogP contribution is -2.50. The molecule has 0 saturated carbocycles. The third kappa shape index (κ3) is 2.21. The molecule has 0 amide bonds. The highest BCUT2D eigenvalue weighted by Gasteiger charge is 2.20. The van der Waals surface area contributed by atoms with Crippen molar-refractivity contribution in [3.8, 4) is 5.75 Å². The summed E-state index contributed by atoms with van der Waals surface area (Å²) in [4.78, 5) is 1.85. The van der Waals surface area contributed by atoms with Crippen LogP contribution in [0.3, 0.4) is 0 Å². The van der Waals surface area contributed by atoms with Gasteiger partial charge in [0.1, 0.15) is 17.7 Å². The predicted molar refractivity (Wildman–Crippen MR) is 58.0 cm³/mol. The van der Waals surface area contributed by atoms with Gasteiger partial charge in [-0.1, -0.05) is 0 Å². The largest absolute Gasteiger partial charge is 0.486 e. The number of nitrogens with one attached hydrogen (secondary N) is 1. The zero-order valence-corrected chi connectivity index (χ0v) is 8.96. The lowest BCUT2D eigenvalue weighted by Gasteiger charge is -2.29. The van der Waals surface area contributed by atoms with Crippen LogP contribution in [-0.4, -0.2) is 33.3 Å². The average Bonchev–Trinajstić information content (AvgIpc) is 2.12. The second-order valence-electron chi connectivity index (χ2n) is 3.90. The number of ether oxygens (including phenoxy) is 1. The van der Waals surface area contributed by atoms with Gasteiger partial charge in [-0.15, -0.1) is 0 Å². The molecule has 4 heteroatoms. The van der Waals surface area contributed by atoms with Crippen molar-refractivity contribution in [2.75, 3.05) is 32.1 Å². The van der Waals surface area contributed by atoms with E-state index in [4.69, 9.17) is 4.74 Å². The fourth-order valence-electron chi connectivity index (χ4n) is 1.46. The summed E-state index contributed by atoms with van der Waals surface area (Å²) in [5, 5.41) is 3.13. The van der Waals surface area contributed by atoms with Gasteiger partial charge in [-0.3, -0.25) is 0 Å². The van der Waals surface area contributed by atoms with Crippen LogP contribution in [-0.2, 0) is 0 Å². The highest BCUT2D eigenvalue weighted by atomic mass is 19.1. The number of anilines is 1. The Labute approximate surface area is 88.8 Å². The summed E-state index contributed by atoms with van der Waals surface area (Å²) in [6.07, 6.45) is 0.217. The Morgan fingerprint density at radius 3 is 2.67 bits per heavy atom. The molecule has 3 nitrogen and oxygen atoms in total. The van der Waals surface area contributed by atoms with Crippen LogP contribution < -0.4 is 15.0 Å². The van der Waals surface area contributed by atoms with Crippen LogP contribution in [0.25, 0.3) is 0 Å². The summed E-state index contributed by atoms with van der Waals surface area (Å²) in [6, 6.07) is 4.60. The van der Waals surface area contributed by atoms with Gasteiger partial charge in [-0.05, 0) is 12.1 Å². The first-order chi connectivity index (χ1) is 7.16. The molecule has 0 spiro atoms. The van der Waals surface area contributed by atoms with Gasteiger partial charge < -0.3 is 15.0 Å². The summed E-state index contributed by atoms with van der Waals surface area (Å²) < 4.78 is 18.8. The molecule has 0 aliphatic carbocycles. The summed E-state index contributed by atoms with van der Waals surface area (Å²) in [7, 11) is 3.75. The number of benzene rings is 1. The minimum absolute atomic E-state index is 0.217. The molecule has 82 valence electrons. The maximum absolute atomic E-state index is 13.0. The Balaban J connectivity index is 2.20. The average molecular weight is 210 g/mol. The monoisotopic (exact) mass is 210 g/mol. The smallest absolute Gasteiger partial charge is 0.143 e. The molecule has 2 rings (SSSR count). The van der Waals surface area contributed by atoms with E-state index in [0.717, 1.165) is 24.5 Å². The van der Waals surface area contributed by atoms with Crippen LogP contribution in [0, 0.1) is 5.82 Å². The molecule has 1 heterocycles. The fourth-order valence-corrected chi connectivity index (χ4v) is 1.46. The maximum Gasteiger partial charge on any atom is 0.143 e. The molecule has 1 saturated heterocycles. The van der Waals surface area contributed by atoms with E-state index >= 15 is 0 Å². The molecule has 0 atom stereocenters. The van der Waals surface area contributed by atoms with Gasteiger partial charge in [-0.2, -0.15) is 0 Å². The molecule has 1 aromatic carbocycles. The zero-order chi connectivity index (χ0) is 10.8. The zero-order valence-electron chi connectivity index (χ0n) is 8.96. The van der Waals surface area contributed by atoms with Crippen molar-refractivity contribution >= 4 is 5.69 Å². The summed E-state index contributed by atoms with van der Waals surface area (Å²) in [5.41, 5.74) is 0.780. The SMILES string of the molecule is CN(C)c1cc(F)ccc1OC1CNC1. The van der Waals surface area contributed by atoms with E-state index in [0.29, 0.717) is 0 Å². The maximum atomic E-state index is 13.0. The number of hydrogen-bond donors (Lipinski definition) is 1. The van der Waals surface area contributed by atoms with Crippen molar-refractivity contribution in [2.45, 2.75) is 6.10 Å². The molecule has 1 aliphatic heterocycles. The van der Waals surface area contributed by atoms with E-state index in [9.17, 15) is 4.39 Å². The number of nitrogens with zero attached hydrogens (tertiary/aromatic N) is 1. The molecule has 1 aromatic rings. The Bertz CT molecular complexity index is 350. The van der Waals surface area contributed by atoms with Crippen molar-refractivity contribution in [1.82, 2.24) is 5.32 Å². The molecule has 1 aliphatic rings. The normalized spacial score (nSPS) is 15.9. The van der Waals surface area contributed by atoms with Crippen LogP contribution in [0.5, 0.6) is 5.75 Å². The van der Waals surface area contributed by atoms with Crippen molar-refractivity contribution in [1.29, 1.82) is 0 Å². The van der Waals surface area contributed by atoms with Gasteiger partial charge in [0.15, 0.2) is 0 Å². The summed E-state index contributed by atoms with van der Waals surface area (Å²) in [5.74, 6) is 0.505. The van der Waals surface area contributed by atoms with Crippen LogP contribution in [0.15, 0.2) is 18.2 Å². The van der Waals surface area contributed by atoms with Crippen LogP contribution in [0.1, 0.15) is 0 Å². The van der Waals surface area contributed by atoms with Gasteiger partial charge in [0.05, 0.1) is 5.69 Å². The molecular formula is C11H15FN2O. The standard InChI is InChI=1S/C11H15FN2O/c1-14(2)10-5-8(12)3-4-11(10)15-9-6-13-7-9/h3-5,9,13H,6-7H2,1-2H3. The van der Waals surface area contributed by atoms with E-state index in [1.807, 2.05) is 19.0 Å². The van der Waals surface area contributed by atoms with E-state index in [1.54, 1.807) is 6.07 Å². The predicted octanol–water partition coefficient (Wildman–Crippen LogP) is 1.24. The Morgan fingerprint density at radius 1 is 1.40 bits per heavy atom. The highest BCUT2D eigenvalue weighted by molar-refractivity contribution is 5.57. The van der Waals surface area contributed by atoms with Gasteiger partial charge in [0, 0.05) is 33.3 Å². The van der Waals surface area contributed by atoms with Crippen LogP contribution >= 0.6 is 0 Å². The Morgan fingerprint density at radius 2 is 2.13 bits per heavy atom. The third-order valence-corrected chi connectivity index (χ3v) is 2.44. The Kier molecular flexibility index (Phi) is 2.77. The van der Waals surface area contributed by atoms with E-state index in [-0.39, 0.29) is 11.9 Å². The molecule has 1 fully saturated rings. The number of rotatable bonds is 3. The van der Waals surface area contributed by atoms with Crippen molar-refractivity contribution in [3.63, 3.8) is 0 Å². The first kappa shape index (κ1) is 10.2. The van der Waals surface area contributed by atoms with Crippen LogP contribution in [0.4, 0.5) is 10.1 Å². The lowest BCUT2D eigenvalue weighted by molar-refractivity contribution is 0.142. The lowest BCUT2D eigenvalue weighted by atomic mass is 10.2. The highest BCUT2D eigenvalue weighted by Crippen LogP contribution is 2.28. The van der Waals surface area contributed by atoms with Gasteiger partial charge in [0.2, 0.25) is 0 Å². The molecule has 0 bridgehead atoms. The first-order valence-corrected chi connectivity index (χ1v) is 5.01. The van der Waals surface area contributed by atoms with Crippen molar-refractivity contribution in [3.05, 3.63) is 24.0 Å². The molecule has 0 unspecified atom stereocenters. The Hall–Kier alpha value is -1.29. The molecule has 1 N–H and O–H groups in total. The third-order valence-electron chi connectivity index (χ3n) is 2.44. The van der Waals surface area contributed by atoms with Gasteiger partial charge >= 0.3 is 0 Å². The van der Waals surface area contributed by atoms with Gasteiger partial charge in [0.25, 0.3) is 0 Å².